The van der Waals surface area contributed by atoms with Crippen LogP contribution in [0.3, 0.4) is 0 Å². The molecule has 0 spiro atoms. The minimum atomic E-state index is -0.742. The lowest BCUT2D eigenvalue weighted by Gasteiger charge is -2.22. The molecule has 6 N–H and O–H groups in total. The third kappa shape index (κ3) is 27.0. The normalized spacial score (nSPS) is 18.9. The van der Waals surface area contributed by atoms with Gasteiger partial charge in [0, 0.05) is 240 Å². The molecule has 0 aliphatic carbocycles. The highest BCUT2D eigenvalue weighted by molar-refractivity contribution is 7.14. The summed E-state index contributed by atoms with van der Waals surface area (Å²) in [5, 5.41) is 44.9. The van der Waals surface area contributed by atoms with Crippen LogP contribution in [0.25, 0.3) is 42.3 Å². The number of carbonyl (C=O) groups excluding carboxylic acids is 12. The lowest BCUT2D eigenvalue weighted by Crippen LogP contribution is -2.35. The molecule has 0 radical (unpaired) electrons. The number of carbonyl (C=O) groups is 12. The van der Waals surface area contributed by atoms with E-state index >= 15 is 0 Å². The van der Waals surface area contributed by atoms with Crippen LogP contribution in [0.5, 0.6) is 5.88 Å². The monoisotopic (exact) mass is 2110 g/mol. The first-order valence-corrected chi connectivity index (χ1v) is 53.8. The number of aromatic nitrogens is 16. The van der Waals surface area contributed by atoms with Gasteiger partial charge in [-0.25, -0.2) is 24.9 Å². The highest BCUT2D eigenvalue weighted by Gasteiger charge is 2.42. The fourth-order valence-electron chi connectivity index (χ4n) is 18.4. The Labute approximate surface area is 878 Å². The number of Topliss-reactive ketones (excluding diaryl/α,β-unsaturated/α-hetero) is 4. The van der Waals surface area contributed by atoms with Crippen molar-refractivity contribution in [3.05, 3.63) is 218 Å². The number of thiazole rings is 4. The number of aryl methyl sites for hydroxylation is 4. The van der Waals surface area contributed by atoms with Gasteiger partial charge in [-0.15, -0.1) is 45.3 Å². The van der Waals surface area contributed by atoms with Crippen molar-refractivity contribution in [3.63, 3.8) is 0 Å². The summed E-state index contributed by atoms with van der Waals surface area (Å²) in [5.41, 5.74) is 9.88. The number of anilines is 4. The minimum absolute atomic E-state index is 0.00160. The van der Waals surface area contributed by atoms with Crippen molar-refractivity contribution in [2.75, 3.05) is 107 Å². The molecule has 1 aromatic carbocycles. The zero-order valence-corrected chi connectivity index (χ0v) is 86.2. The summed E-state index contributed by atoms with van der Waals surface area (Å²) in [5.74, 6) is -5.30. The van der Waals surface area contributed by atoms with Crippen molar-refractivity contribution >= 4 is 138 Å². The second-order valence-corrected chi connectivity index (χ2v) is 41.0. The molecule has 8 aliphatic heterocycles. The van der Waals surface area contributed by atoms with Crippen molar-refractivity contribution in [3.8, 4) is 48.2 Å². The summed E-state index contributed by atoms with van der Waals surface area (Å²) in [4.78, 5) is 195. The van der Waals surface area contributed by atoms with Gasteiger partial charge >= 0.3 is 0 Å². The summed E-state index contributed by atoms with van der Waals surface area (Å²) in [6.45, 7) is 10.6. The fourth-order valence-corrected chi connectivity index (χ4v) is 21.6. The summed E-state index contributed by atoms with van der Waals surface area (Å²) in [6.07, 6.45) is 22.8. The molecule has 8 aliphatic rings. The van der Waals surface area contributed by atoms with Crippen molar-refractivity contribution in [2.45, 2.75) is 161 Å². The molecular weight excluding hydrogens is 2000 g/mol. The minimum Gasteiger partial charge on any atom is -0.475 e. The number of ketones is 4. The zero-order valence-electron chi connectivity index (χ0n) is 82.9. The molecule has 4 saturated heterocycles. The van der Waals surface area contributed by atoms with Gasteiger partial charge in [0.1, 0.15) is 49.4 Å². The van der Waals surface area contributed by atoms with Crippen molar-refractivity contribution < 1.29 is 86.0 Å². The number of nitrogens with one attached hydrogen (secondary N) is 6. The molecule has 150 heavy (non-hydrogen) atoms. The number of hydrogen-bond acceptors (Lipinski definition) is 34. The van der Waals surface area contributed by atoms with Gasteiger partial charge in [0.05, 0.1) is 60.0 Å². The van der Waals surface area contributed by atoms with E-state index in [0.717, 1.165) is 83.4 Å². The molecule has 3 unspecified atom stereocenters. The number of benzene rings is 1. The predicted octanol–water partition coefficient (Wildman–Crippen LogP) is 14.2. The van der Waals surface area contributed by atoms with Crippen LogP contribution in [0.2, 0.25) is 0 Å². The molecule has 20 heterocycles. The topological polar surface area (TPSA) is 510 Å². The summed E-state index contributed by atoms with van der Waals surface area (Å²) >= 11 is 5.43. The quantitative estimate of drug-likeness (QED) is 0.0577. The number of nitrogens with zero attached hydrogens (tertiary/aromatic N) is 17. The average Bonchev–Trinajstić information content (AvgIpc) is 1.64. The van der Waals surface area contributed by atoms with E-state index < -0.39 is 47.2 Å². The van der Waals surface area contributed by atoms with Crippen molar-refractivity contribution in [1.82, 2.24) is 94.5 Å². The maximum absolute atomic E-state index is 13.9. The Morgan fingerprint density at radius 2 is 0.840 bits per heavy atom. The number of amides is 8. The highest BCUT2D eigenvalue weighted by Crippen LogP contribution is 2.37. The number of rotatable bonds is 9. The molecule has 780 valence electrons. The molecule has 4 fully saturated rings. The summed E-state index contributed by atoms with van der Waals surface area (Å²) in [6, 6.07) is 24.9. The molecule has 13 aromatic rings. The largest absolute Gasteiger partial charge is 0.475 e. The Balaban J connectivity index is 0.000000132. The molecule has 0 saturated carbocycles. The van der Waals surface area contributed by atoms with Gasteiger partial charge in [-0.1, -0.05) is 44.2 Å². The van der Waals surface area contributed by atoms with Crippen LogP contribution in [0, 0.1) is 23.7 Å². The first-order chi connectivity index (χ1) is 73.0. The van der Waals surface area contributed by atoms with Crippen molar-refractivity contribution in [2.24, 2.45) is 30.7 Å². The number of imide groups is 1. The Bertz CT molecular complexity index is 7060. The van der Waals surface area contributed by atoms with E-state index in [4.69, 9.17) is 28.4 Å². The molecule has 12 aromatic heterocycles. The molecule has 8 amide bonds. The number of ether oxygens (including phenoxy) is 6. The van der Waals surface area contributed by atoms with Gasteiger partial charge in [0.25, 0.3) is 23.6 Å². The second kappa shape index (κ2) is 50.2. The van der Waals surface area contributed by atoms with Gasteiger partial charge in [0.15, 0.2) is 45.9 Å². The highest BCUT2D eigenvalue weighted by atomic mass is 32.1. The van der Waals surface area contributed by atoms with Gasteiger partial charge < -0.3 is 60.3 Å². The fraction of sp³-hybridized carbons (Fsp3) is 0.410. The Morgan fingerprint density at radius 1 is 0.420 bits per heavy atom. The summed E-state index contributed by atoms with van der Waals surface area (Å²) < 4.78 is 40.2. The van der Waals surface area contributed by atoms with E-state index in [2.05, 4.69) is 92.2 Å². The Kier molecular flexibility index (Phi) is 35.2. The lowest BCUT2D eigenvalue weighted by molar-refractivity contribution is -0.139. The number of hydrogen-bond donors (Lipinski definition) is 6. The van der Waals surface area contributed by atoms with Crippen LogP contribution in [0.4, 0.5) is 22.7 Å². The third-order valence-corrected chi connectivity index (χ3v) is 30.1. The first kappa shape index (κ1) is 105. The van der Waals surface area contributed by atoms with E-state index in [1.54, 1.807) is 104 Å². The van der Waals surface area contributed by atoms with Crippen LogP contribution in [-0.2, 0) is 75.8 Å². The third-order valence-electron chi connectivity index (χ3n) is 26.5. The van der Waals surface area contributed by atoms with Crippen LogP contribution in [-0.4, -0.2) is 240 Å². The smallest absolute Gasteiger partial charge is 0.275 e. The molecule has 21 rings (SSSR count). The maximum Gasteiger partial charge on any atom is 0.275 e. The van der Waals surface area contributed by atoms with Gasteiger partial charge in [-0.2, -0.15) is 20.4 Å². The van der Waals surface area contributed by atoms with E-state index in [1.165, 1.54) is 54.9 Å². The van der Waals surface area contributed by atoms with Gasteiger partial charge in [-0.3, -0.25) is 96.1 Å². The van der Waals surface area contributed by atoms with Crippen LogP contribution < -0.4 is 36.6 Å². The lowest BCUT2D eigenvalue weighted by atomic mass is 9.89. The maximum atomic E-state index is 13.9. The number of fused-ring (bicyclic) bond motifs is 26. The first-order valence-electron chi connectivity index (χ1n) is 50.3. The second-order valence-electron chi connectivity index (χ2n) is 37.6. The zero-order chi connectivity index (χ0) is 104. The van der Waals surface area contributed by atoms with Gasteiger partial charge in [-0.05, 0) is 144 Å². The molecule has 41 nitrogen and oxygen atoms in total. The Morgan fingerprint density at radius 3 is 1.31 bits per heavy atom. The van der Waals surface area contributed by atoms with E-state index in [0.29, 0.717) is 180 Å². The van der Waals surface area contributed by atoms with Crippen LogP contribution >= 0.6 is 45.3 Å². The number of pyridine rings is 4. The molecule has 3 atom stereocenters. The molecule has 45 heteroatoms. The molecular formula is C105H113N23O18S4. The van der Waals surface area contributed by atoms with E-state index in [9.17, 15) is 57.5 Å². The predicted molar refractivity (Wildman–Crippen MR) is 555 cm³/mol. The van der Waals surface area contributed by atoms with E-state index in [1.807, 2.05) is 80.6 Å². The SMILES string of the molecule is CC(C)C1CC(=O)c2nn(C3CCOCC3)cc2NC(=O)c2csc(n2)-c2ccnc(c2)CCCNC1=O.Cn1cc2c(n1)C(=O)CCCOCCOc1cc(ccn1)-c1nc(cs1)C(=O)N2.O=C1Nc2cn(C3CCOCC3)nc2C(=O)CC(CCOCc2ccccc2)C(=O)NCCCc2cc(ccn2)-c2nc1cs2.O=C1Nc2cn(C3CCOCC3)nc2C(=O)CC2CC(=O)N(CCCc3cc(ccn3)-c3nc1cs3)C2=O. The van der Waals surface area contributed by atoms with Crippen molar-refractivity contribution in [1.29, 1.82) is 0 Å². The summed E-state index contributed by atoms with van der Waals surface area (Å²) in [7, 11) is 1.70. The van der Waals surface area contributed by atoms with E-state index in [-0.39, 0.29) is 155 Å². The molecule has 18 bridgehead atoms. The Hall–Kier alpha value is -14.6. The van der Waals surface area contributed by atoms with Gasteiger partial charge in [0.2, 0.25) is 29.5 Å². The van der Waals surface area contributed by atoms with Crippen LogP contribution in [0.1, 0.15) is 241 Å². The van der Waals surface area contributed by atoms with Crippen LogP contribution in [0.15, 0.2) is 150 Å². The standard InChI is InChI=1S/C33H36N6O5S.C27H32N6O4S.C26H26N6O5S.C19H19N5O4S/c40-29-18-23(9-14-44-20-22-5-2-1-3-6-22)31(41)35-12-4-7-25-17-24(8-13-34-25)33-37-28(21-45-33)32(42)36-27-19-39(38-30(27)29)26-10-15-43-16-11-26;1-16(2)20-13-23(34)24-21(14-33(32-24)19-6-10-37-11-7-19)30-26(36)22-15-38-27(31-22)17-5-9-28-18(12-17)4-3-8-29-25(20)35;33-21-11-16-12-22(34)31(26(16)36)7-1-2-17-10-15(3-6-27-17)25-29-20(14-38-25)24(35)28-19-13-32(30-23(19)21)18-4-8-37-9-5-18;1-24-10-13-17(23-24)15(25)3-2-6-27-7-8-28-16-9-12(4-5-20-16)19-22-14(11-29-19)18(26)21-13/h1-3,5-6,8,13,17,19,21,23,26H,4,7,9-12,14-16,18,20H2,(H,35,41)(H,36,42);5,9,12,14-16,19-20H,3-4,6-8,10-11,13H2,1-2H3,(H,29,35)(H,30,36);3,6,10,13-14,16,18H,1-2,4-5,7-9,11-12H2,(H,28,35);4-5,9-11H,2-3,6-8H2,1H3,(H,21,26). The average molecular weight is 2110 g/mol.